The van der Waals surface area contributed by atoms with Crippen molar-refractivity contribution in [2.75, 3.05) is 13.1 Å². The molecule has 1 saturated heterocycles. The summed E-state index contributed by atoms with van der Waals surface area (Å²) in [6.07, 6.45) is 0. The zero-order chi connectivity index (χ0) is 9.54. The molecule has 2 heterocycles. The molecule has 0 saturated carbocycles. The van der Waals surface area contributed by atoms with Gasteiger partial charge in [0.2, 0.25) is 0 Å². The first-order chi connectivity index (χ1) is 6.86. The molecular formula is C12H16N2. The van der Waals surface area contributed by atoms with Gasteiger partial charge >= 0.3 is 0 Å². The monoisotopic (exact) mass is 188 g/mol. The van der Waals surface area contributed by atoms with Gasteiger partial charge in [-0.3, -0.25) is 4.90 Å². The van der Waals surface area contributed by atoms with Crippen molar-refractivity contribution in [3.05, 3.63) is 35.4 Å². The minimum Gasteiger partial charge on any atom is -0.311 e. The Morgan fingerprint density at radius 1 is 1.36 bits per heavy atom. The van der Waals surface area contributed by atoms with Crippen LogP contribution >= 0.6 is 0 Å². The van der Waals surface area contributed by atoms with Crippen LogP contribution in [0.25, 0.3) is 0 Å². The van der Waals surface area contributed by atoms with E-state index in [1.54, 1.807) is 0 Å². The average Bonchev–Trinajstić information content (AvgIpc) is 2.57. The predicted molar refractivity (Wildman–Crippen MR) is 57.1 cm³/mol. The van der Waals surface area contributed by atoms with E-state index in [1.807, 2.05) is 0 Å². The summed E-state index contributed by atoms with van der Waals surface area (Å²) in [6.45, 7) is 5.75. The van der Waals surface area contributed by atoms with Crippen LogP contribution in [0, 0.1) is 0 Å². The van der Waals surface area contributed by atoms with E-state index in [4.69, 9.17) is 0 Å². The fourth-order valence-electron chi connectivity index (χ4n) is 2.83. The quantitative estimate of drug-likeness (QED) is 0.664. The van der Waals surface area contributed by atoms with Crippen molar-refractivity contribution in [3.8, 4) is 0 Å². The fraction of sp³-hybridized carbons (Fsp3) is 0.500. The van der Waals surface area contributed by atoms with Crippen molar-refractivity contribution >= 4 is 0 Å². The molecule has 0 aromatic heterocycles. The number of nitrogens with zero attached hydrogens (tertiary/aromatic N) is 1. The maximum atomic E-state index is 3.55. The molecular weight excluding hydrogens is 172 g/mol. The number of rotatable bonds is 0. The lowest BCUT2D eigenvalue weighted by molar-refractivity contribution is 0.141. The zero-order valence-corrected chi connectivity index (χ0v) is 8.53. The van der Waals surface area contributed by atoms with Crippen LogP contribution in [0.15, 0.2) is 24.3 Å². The summed E-state index contributed by atoms with van der Waals surface area (Å²) in [6, 6.07) is 10.1. The lowest BCUT2D eigenvalue weighted by atomic mass is 9.98. The Bertz CT molecular complexity index is 348. The van der Waals surface area contributed by atoms with E-state index in [0.717, 1.165) is 13.1 Å². The lowest BCUT2D eigenvalue weighted by Crippen LogP contribution is -2.48. The number of benzene rings is 1. The van der Waals surface area contributed by atoms with E-state index in [0.29, 0.717) is 12.1 Å². The van der Waals surface area contributed by atoms with Gasteiger partial charge in [0.1, 0.15) is 0 Å². The van der Waals surface area contributed by atoms with E-state index < -0.39 is 0 Å². The zero-order valence-electron chi connectivity index (χ0n) is 8.53. The highest BCUT2D eigenvalue weighted by Gasteiger charge is 2.35. The standard InChI is InChI=1S/C12H16N2/c1-9-12-11-5-3-2-4-10(11)8-14(12)7-6-13-9/h2-5,9,12-13H,6-8H2,1H3. The van der Waals surface area contributed by atoms with Crippen LogP contribution in [0.3, 0.4) is 0 Å². The smallest absolute Gasteiger partial charge is 0.0505 e. The van der Waals surface area contributed by atoms with Gasteiger partial charge in [-0.05, 0) is 18.1 Å². The Balaban J connectivity index is 2.03. The number of hydrogen-bond donors (Lipinski definition) is 1. The van der Waals surface area contributed by atoms with E-state index in [9.17, 15) is 0 Å². The van der Waals surface area contributed by atoms with Crippen LogP contribution in [-0.4, -0.2) is 24.0 Å². The van der Waals surface area contributed by atoms with Crippen molar-refractivity contribution in [3.63, 3.8) is 0 Å². The topological polar surface area (TPSA) is 15.3 Å². The second kappa shape index (κ2) is 3.07. The molecule has 2 heteroatoms. The highest BCUT2D eigenvalue weighted by atomic mass is 15.2. The Morgan fingerprint density at radius 3 is 3.14 bits per heavy atom. The third kappa shape index (κ3) is 1.11. The summed E-state index contributed by atoms with van der Waals surface area (Å²) in [5, 5.41) is 3.55. The first-order valence-electron chi connectivity index (χ1n) is 5.41. The van der Waals surface area contributed by atoms with Crippen LogP contribution in [-0.2, 0) is 6.54 Å². The average molecular weight is 188 g/mol. The van der Waals surface area contributed by atoms with E-state index in [2.05, 4.69) is 41.4 Å². The summed E-state index contributed by atoms with van der Waals surface area (Å²) in [7, 11) is 0. The van der Waals surface area contributed by atoms with Crippen molar-refractivity contribution in [2.24, 2.45) is 0 Å². The number of fused-ring (bicyclic) bond motifs is 3. The molecule has 2 nitrogen and oxygen atoms in total. The Morgan fingerprint density at radius 2 is 2.21 bits per heavy atom. The molecule has 2 aliphatic heterocycles. The largest absolute Gasteiger partial charge is 0.311 e. The van der Waals surface area contributed by atoms with Crippen LogP contribution in [0.4, 0.5) is 0 Å². The lowest BCUT2D eigenvalue weighted by Gasteiger charge is -2.36. The molecule has 0 amide bonds. The second-order valence-electron chi connectivity index (χ2n) is 4.36. The number of hydrogen-bond acceptors (Lipinski definition) is 2. The van der Waals surface area contributed by atoms with Crippen LogP contribution < -0.4 is 5.32 Å². The van der Waals surface area contributed by atoms with E-state index in [-0.39, 0.29) is 0 Å². The molecule has 2 atom stereocenters. The molecule has 1 aromatic rings. The van der Waals surface area contributed by atoms with Crippen molar-refractivity contribution in [1.29, 1.82) is 0 Å². The second-order valence-corrected chi connectivity index (χ2v) is 4.36. The highest BCUT2D eigenvalue weighted by molar-refractivity contribution is 5.35. The third-order valence-corrected chi connectivity index (χ3v) is 3.48. The van der Waals surface area contributed by atoms with E-state index in [1.165, 1.54) is 17.7 Å². The molecule has 1 fully saturated rings. The molecule has 1 N–H and O–H groups in total. The van der Waals surface area contributed by atoms with E-state index >= 15 is 0 Å². The molecule has 0 spiro atoms. The molecule has 0 aliphatic carbocycles. The Kier molecular flexibility index (Phi) is 1.85. The van der Waals surface area contributed by atoms with Gasteiger partial charge in [0, 0.05) is 25.7 Å². The van der Waals surface area contributed by atoms with Crippen LogP contribution in [0.5, 0.6) is 0 Å². The highest BCUT2D eigenvalue weighted by Crippen LogP contribution is 2.36. The number of nitrogens with one attached hydrogen (secondary N) is 1. The summed E-state index contributed by atoms with van der Waals surface area (Å²) >= 11 is 0. The summed E-state index contributed by atoms with van der Waals surface area (Å²) in [5.41, 5.74) is 3.06. The van der Waals surface area contributed by atoms with Crippen LogP contribution in [0.2, 0.25) is 0 Å². The molecule has 2 aliphatic rings. The first-order valence-corrected chi connectivity index (χ1v) is 5.41. The maximum Gasteiger partial charge on any atom is 0.0505 e. The number of piperazine rings is 1. The minimum absolute atomic E-state index is 0.590. The van der Waals surface area contributed by atoms with Gasteiger partial charge in [-0.2, -0.15) is 0 Å². The predicted octanol–water partition coefficient (Wildman–Crippen LogP) is 1.53. The Labute approximate surface area is 84.9 Å². The molecule has 3 rings (SSSR count). The third-order valence-electron chi connectivity index (χ3n) is 3.48. The Hall–Kier alpha value is -0.860. The molecule has 0 bridgehead atoms. The van der Waals surface area contributed by atoms with Gasteiger partial charge in [0.15, 0.2) is 0 Å². The maximum absolute atomic E-state index is 3.55. The van der Waals surface area contributed by atoms with Gasteiger partial charge in [0.25, 0.3) is 0 Å². The van der Waals surface area contributed by atoms with Gasteiger partial charge in [-0.25, -0.2) is 0 Å². The minimum atomic E-state index is 0.590. The van der Waals surface area contributed by atoms with Gasteiger partial charge < -0.3 is 5.32 Å². The fourth-order valence-corrected chi connectivity index (χ4v) is 2.83. The molecule has 0 radical (unpaired) electrons. The first kappa shape index (κ1) is 8.45. The summed E-state index contributed by atoms with van der Waals surface area (Å²) in [5.74, 6) is 0. The van der Waals surface area contributed by atoms with Gasteiger partial charge in [-0.15, -0.1) is 0 Å². The SMILES string of the molecule is CC1NCCN2Cc3ccccc3C12. The molecule has 74 valence electrons. The van der Waals surface area contributed by atoms with Gasteiger partial charge in [0.05, 0.1) is 6.04 Å². The molecule has 2 unspecified atom stereocenters. The summed E-state index contributed by atoms with van der Waals surface area (Å²) in [4.78, 5) is 2.59. The molecule has 14 heavy (non-hydrogen) atoms. The van der Waals surface area contributed by atoms with Crippen molar-refractivity contribution in [2.45, 2.75) is 25.6 Å². The van der Waals surface area contributed by atoms with Crippen molar-refractivity contribution < 1.29 is 0 Å². The van der Waals surface area contributed by atoms with Crippen LogP contribution in [0.1, 0.15) is 24.1 Å². The molecule has 1 aromatic carbocycles. The normalized spacial score (nSPS) is 31.2. The summed E-state index contributed by atoms with van der Waals surface area (Å²) < 4.78 is 0. The van der Waals surface area contributed by atoms with Gasteiger partial charge in [-0.1, -0.05) is 24.3 Å². The van der Waals surface area contributed by atoms with Crippen molar-refractivity contribution in [1.82, 2.24) is 10.2 Å².